The lowest BCUT2D eigenvalue weighted by atomic mass is 10.0. The van der Waals surface area contributed by atoms with Gasteiger partial charge in [-0.1, -0.05) is 17.3 Å². The van der Waals surface area contributed by atoms with Gasteiger partial charge in [-0.15, -0.1) is 0 Å². The second-order valence-corrected chi connectivity index (χ2v) is 8.77. The van der Waals surface area contributed by atoms with Crippen LogP contribution >= 0.6 is 0 Å². The number of methoxy groups -OCH3 is 1. The van der Waals surface area contributed by atoms with E-state index < -0.39 is 0 Å². The van der Waals surface area contributed by atoms with E-state index in [-0.39, 0.29) is 6.10 Å². The van der Waals surface area contributed by atoms with E-state index in [0.717, 1.165) is 79.5 Å². The summed E-state index contributed by atoms with van der Waals surface area (Å²) in [6.07, 6.45) is 3.92. The number of ether oxygens (including phenoxy) is 3. The Hall–Kier alpha value is -3.03. The average molecular weight is 466 g/mol. The number of hydrogen-bond donors (Lipinski definition) is 1. The molecule has 7 nitrogen and oxygen atoms in total. The topological polar surface area (TPSA) is 69.0 Å². The molecule has 0 unspecified atom stereocenters. The monoisotopic (exact) mass is 465 g/mol. The number of nitrogens with one attached hydrogen (secondary N) is 1. The van der Waals surface area contributed by atoms with Crippen molar-refractivity contribution in [2.45, 2.75) is 32.8 Å². The lowest BCUT2D eigenvalue weighted by molar-refractivity contribution is 0.224. The minimum Gasteiger partial charge on any atom is -0.497 e. The highest BCUT2D eigenvalue weighted by atomic mass is 16.5. The maximum atomic E-state index is 6.28. The van der Waals surface area contributed by atoms with Gasteiger partial charge in [0.1, 0.15) is 17.2 Å². The highest BCUT2D eigenvalue weighted by Crippen LogP contribution is 2.39. The van der Waals surface area contributed by atoms with Gasteiger partial charge in [-0.25, -0.2) is 0 Å². The van der Waals surface area contributed by atoms with Crippen molar-refractivity contribution in [2.75, 3.05) is 46.4 Å². The van der Waals surface area contributed by atoms with Gasteiger partial charge in [0.05, 0.1) is 31.6 Å². The van der Waals surface area contributed by atoms with Crippen molar-refractivity contribution in [1.29, 1.82) is 0 Å². The third-order valence-electron chi connectivity index (χ3n) is 5.88. The molecule has 1 fully saturated rings. The van der Waals surface area contributed by atoms with E-state index in [1.807, 2.05) is 56.3 Å². The molecule has 0 aliphatic carbocycles. The molecule has 1 aliphatic rings. The zero-order valence-electron chi connectivity index (χ0n) is 20.4. The first-order valence-electron chi connectivity index (χ1n) is 12.1. The smallest absolute Gasteiger partial charge is 0.178 e. The molecule has 182 valence electrons. The highest BCUT2D eigenvalue weighted by molar-refractivity contribution is 5.82. The van der Waals surface area contributed by atoms with Crippen LogP contribution in [-0.4, -0.2) is 62.6 Å². The fourth-order valence-corrected chi connectivity index (χ4v) is 4.12. The maximum absolute atomic E-state index is 6.28. The van der Waals surface area contributed by atoms with E-state index in [9.17, 15) is 0 Å². The van der Waals surface area contributed by atoms with Crippen LogP contribution in [0.25, 0.3) is 22.5 Å². The van der Waals surface area contributed by atoms with Crippen LogP contribution < -0.4 is 19.5 Å². The first kappa shape index (κ1) is 24.1. The zero-order chi connectivity index (χ0) is 23.8. The Bertz CT molecular complexity index is 1030. The van der Waals surface area contributed by atoms with Crippen molar-refractivity contribution < 1.29 is 18.7 Å². The van der Waals surface area contributed by atoms with E-state index in [1.54, 1.807) is 13.3 Å². The molecule has 0 atom stereocenters. The van der Waals surface area contributed by atoms with Crippen molar-refractivity contribution in [3.63, 3.8) is 0 Å². The van der Waals surface area contributed by atoms with E-state index in [1.165, 1.54) is 0 Å². The van der Waals surface area contributed by atoms with Crippen molar-refractivity contribution in [2.24, 2.45) is 0 Å². The predicted octanol–water partition coefficient (Wildman–Crippen LogP) is 4.87. The molecule has 4 rings (SSSR count). The Morgan fingerprint density at radius 3 is 2.50 bits per heavy atom. The van der Waals surface area contributed by atoms with Crippen LogP contribution in [0, 0.1) is 0 Å². The van der Waals surface area contributed by atoms with Gasteiger partial charge < -0.3 is 29.0 Å². The number of nitrogens with zero attached hydrogens (tertiary/aromatic N) is 2. The van der Waals surface area contributed by atoms with Crippen LogP contribution in [0.5, 0.6) is 17.2 Å². The van der Waals surface area contributed by atoms with E-state index in [2.05, 4.69) is 15.4 Å². The molecule has 2 heterocycles. The molecule has 2 aromatic carbocycles. The van der Waals surface area contributed by atoms with Gasteiger partial charge in [-0.2, -0.15) is 0 Å². The molecule has 0 saturated carbocycles. The van der Waals surface area contributed by atoms with Crippen molar-refractivity contribution >= 4 is 0 Å². The van der Waals surface area contributed by atoms with Gasteiger partial charge >= 0.3 is 0 Å². The molecule has 1 N–H and O–H groups in total. The maximum Gasteiger partial charge on any atom is 0.178 e. The second-order valence-electron chi connectivity index (χ2n) is 8.77. The summed E-state index contributed by atoms with van der Waals surface area (Å²) in [6.45, 7) is 10.2. The molecular weight excluding hydrogens is 430 g/mol. The van der Waals surface area contributed by atoms with Crippen molar-refractivity contribution in [3.8, 4) is 39.7 Å². The molecule has 7 heteroatoms. The summed E-state index contributed by atoms with van der Waals surface area (Å²) in [5.74, 6) is 3.01. The summed E-state index contributed by atoms with van der Waals surface area (Å²) in [4.78, 5) is 2.51. The van der Waals surface area contributed by atoms with Crippen LogP contribution in [0.2, 0.25) is 0 Å². The second kappa shape index (κ2) is 11.9. The van der Waals surface area contributed by atoms with Gasteiger partial charge in [-0.3, -0.25) is 0 Å². The quantitative estimate of drug-likeness (QED) is 0.405. The van der Waals surface area contributed by atoms with Gasteiger partial charge in [0.15, 0.2) is 5.76 Å². The van der Waals surface area contributed by atoms with E-state index in [0.29, 0.717) is 12.4 Å². The largest absolute Gasteiger partial charge is 0.497 e. The van der Waals surface area contributed by atoms with Crippen LogP contribution in [0.1, 0.15) is 26.7 Å². The third-order valence-corrected chi connectivity index (χ3v) is 5.88. The lowest BCUT2D eigenvalue weighted by Gasteiger charge is -2.27. The summed E-state index contributed by atoms with van der Waals surface area (Å²) in [7, 11) is 1.66. The molecule has 1 aromatic heterocycles. The normalized spacial score (nSPS) is 14.4. The fraction of sp³-hybridized carbons (Fsp3) is 0.444. The van der Waals surface area contributed by atoms with E-state index in [4.69, 9.17) is 18.7 Å². The summed E-state index contributed by atoms with van der Waals surface area (Å²) in [5, 5.41) is 7.49. The predicted molar refractivity (Wildman–Crippen MR) is 134 cm³/mol. The number of benzene rings is 2. The van der Waals surface area contributed by atoms with Crippen LogP contribution in [-0.2, 0) is 0 Å². The van der Waals surface area contributed by atoms with Crippen LogP contribution in [0.4, 0.5) is 0 Å². The fourth-order valence-electron chi connectivity index (χ4n) is 4.12. The van der Waals surface area contributed by atoms with Crippen molar-refractivity contribution in [3.05, 3.63) is 48.7 Å². The molecule has 0 spiro atoms. The summed E-state index contributed by atoms with van der Waals surface area (Å²) >= 11 is 0. The number of hydrogen-bond acceptors (Lipinski definition) is 7. The molecule has 1 saturated heterocycles. The number of rotatable bonds is 11. The molecule has 1 aliphatic heterocycles. The Balaban J connectivity index is 1.50. The molecule has 34 heavy (non-hydrogen) atoms. The summed E-state index contributed by atoms with van der Waals surface area (Å²) < 4.78 is 23.2. The zero-order valence-corrected chi connectivity index (χ0v) is 20.4. The first-order chi connectivity index (χ1) is 16.6. The number of aromatic nitrogens is 1. The standard InChI is InChI=1S/C27H35N3O4/c1-20(2)33-23-10-11-24(26(18-23)32-17-5-4-14-30-15-12-28-13-16-30)27-25(19-29-34-27)21-6-8-22(31-3)9-7-21/h6-11,18-20,28H,4-5,12-17H2,1-3H3. The molecule has 0 radical (unpaired) electrons. The van der Waals surface area contributed by atoms with Gasteiger partial charge in [-0.05, 0) is 63.1 Å². The SMILES string of the molecule is COc1ccc(-c2cnoc2-c2ccc(OC(C)C)cc2OCCCCN2CCNCC2)cc1. The van der Waals surface area contributed by atoms with E-state index >= 15 is 0 Å². The minimum atomic E-state index is 0.0814. The van der Waals surface area contributed by atoms with Crippen molar-refractivity contribution in [1.82, 2.24) is 15.4 Å². The molecule has 0 bridgehead atoms. The Kier molecular flexibility index (Phi) is 8.44. The summed E-state index contributed by atoms with van der Waals surface area (Å²) in [6, 6.07) is 13.8. The highest BCUT2D eigenvalue weighted by Gasteiger charge is 2.19. The minimum absolute atomic E-state index is 0.0814. The summed E-state index contributed by atoms with van der Waals surface area (Å²) in [5.41, 5.74) is 2.77. The number of piperazine rings is 1. The lowest BCUT2D eigenvalue weighted by Crippen LogP contribution is -2.43. The van der Waals surface area contributed by atoms with Crippen LogP contribution in [0.15, 0.2) is 53.2 Å². The Morgan fingerprint density at radius 2 is 1.76 bits per heavy atom. The van der Waals surface area contributed by atoms with Gasteiger partial charge in [0, 0.05) is 37.8 Å². The Morgan fingerprint density at radius 1 is 1.00 bits per heavy atom. The number of unbranched alkanes of at least 4 members (excludes halogenated alkanes) is 1. The first-order valence-corrected chi connectivity index (χ1v) is 12.1. The molecular formula is C27H35N3O4. The van der Waals surface area contributed by atoms with Crippen LogP contribution in [0.3, 0.4) is 0 Å². The van der Waals surface area contributed by atoms with Gasteiger partial charge in [0.2, 0.25) is 0 Å². The Labute approximate surface area is 202 Å². The molecule has 0 amide bonds. The van der Waals surface area contributed by atoms with Gasteiger partial charge in [0.25, 0.3) is 0 Å². The molecule has 3 aromatic rings. The third kappa shape index (κ3) is 6.30. The average Bonchev–Trinajstić information content (AvgIpc) is 3.34.